The van der Waals surface area contributed by atoms with Gasteiger partial charge in [0.2, 0.25) is 0 Å². The van der Waals surface area contributed by atoms with E-state index in [9.17, 15) is 4.79 Å². The first-order valence-electron chi connectivity index (χ1n) is 6.85. The van der Waals surface area contributed by atoms with Crippen LogP contribution < -0.4 is 0 Å². The summed E-state index contributed by atoms with van der Waals surface area (Å²) in [6.07, 6.45) is 1.36. The Morgan fingerprint density at radius 3 is 2.60 bits per heavy atom. The average molecular weight is 276 g/mol. The number of nitrogens with zero attached hydrogens (tertiary/aromatic N) is 2. The summed E-state index contributed by atoms with van der Waals surface area (Å²) in [6.45, 7) is 3.40. The van der Waals surface area contributed by atoms with E-state index in [4.69, 9.17) is 9.94 Å². The number of carbonyl (C=O) groups excluding carboxylic acids is 1. The normalized spacial score (nSPS) is 17.1. The third kappa shape index (κ3) is 3.73. The van der Waals surface area contributed by atoms with Gasteiger partial charge in [-0.1, -0.05) is 35.5 Å². The van der Waals surface area contributed by atoms with E-state index < -0.39 is 0 Å². The molecule has 1 aromatic carbocycles. The van der Waals surface area contributed by atoms with Crippen LogP contribution in [-0.2, 0) is 11.3 Å². The number of carbonyl (C=O) groups is 1. The summed E-state index contributed by atoms with van der Waals surface area (Å²) in [5.41, 5.74) is 1.72. The van der Waals surface area contributed by atoms with Gasteiger partial charge >= 0.3 is 6.09 Å². The van der Waals surface area contributed by atoms with Crippen molar-refractivity contribution in [3.05, 3.63) is 35.9 Å². The zero-order valence-corrected chi connectivity index (χ0v) is 11.7. The van der Waals surface area contributed by atoms with Gasteiger partial charge in [-0.2, -0.15) is 0 Å². The Morgan fingerprint density at radius 2 is 2.00 bits per heavy atom. The third-order valence-corrected chi connectivity index (χ3v) is 3.71. The fourth-order valence-electron chi connectivity index (χ4n) is 2.37. The zero-order valence-electron chi connectivity index (χ0n) is 11.7. The smallest absolute Gasteiger partial charge is 0.410 e. The highest BCUT2D eigenvalue weighted by Gasteiger charge is 2.25. The van der Waals surface area contributed by atoms with Crippen molar-refractivity contribution in [3.8, 4) is 0 Å². The van der Waals surface area contributed by atoms with Crippen LogP contribution in [0.15, 0.2) is 35.5 Å². The minimum atomic E-state index is -0.272. The summed E-state index contributed by atoms with van der Waals surface area (Å²) in [4.78, 5) is 13.7. The summed E-state index contributed by atoms with van der Waals surface area (Å²) in [5, 5.41) is 12.0. The van der Waals surface area contributed by atoms with Gasteiger partial charge in [0.25, 0.3) is 0 Å². The summed E-state index contributed by atoms with van der Waals surface area (Å²) in [7, 11) is 0. The highest BCUT2D eigenvalue weighted by molar-refractivity contribution is 5.84. The summed E-state index contributed by atoms with van der Waals surface area (Å²) in [6, 6.07) is 9.64. The quantitative estimate of drug-likeness (QED) is 0.524. The van der Waals surface area contributed by atoms with Crippen LogP contribution in [0.25, 0.3) is 0 Å². The van der Waals surface area contributed by atoms with Crippen molar-refractivity contribution in [2.75, 3.05) is 13.1 Å². The molecule has 0 radical (unpaired) electrons. The predicted molar refractivity (Wildman–Crippen MR) is 75.8 cm³/mol. The van der Waals surface area contributed by atoms with E-state index in [1.165, 1.54) is 0 Å². The molecule has 0 saturated carbocycles. The Hall–Kier alpha value is -2.04. The highest BCUT2D eigenvalue weighted by Crippen LogP contribution is 2.19. The maximum absolute atomic E-state index is 11.9. The summed E-state index contributed by atoms with van der Waals surface area (Å²) < 4.78 is 5.30. The Morgan fingerprint density at radius 1 is 1.35 bits per heavy atom. The van der Waals surface area contributed by atoms with Crippen LogP contribution >= 0.6 is 0 Å². The fraction of sp³-hybridized carbons (Fsp3) is 0.467. The molecule has 1 fully saturated rings. The van der Waals surface area contributed by atoms with Gasteiger partial charge in [-0.25, -0.2) is 4.79 Å². The molecule has 1 aliphatic rings. The molecular formula is C15H20N2O3. The SMILES string of the molecule is C/C(=N\O)C1CCN(C(=O)OCc2ccccc2)CC1. The lowest BCUT2D eigenvalue weighted by Gasteiger charge is -2.30. The highest BCUT2D eigenvalue weighted by atomic mass is 16.6. The van der Waals surface area contributed by atoms with E-state index in [2.05, 4.69) is 5.16 Å². The van der Waals surface area contributed by atoms with Crippen molar-refractivity contribution in [2.45, 2.75) is 26.4 Å². The van der Waals surface area contributed by atoms with Crippen molar-refractivity contribution >= 4 is 11.8 Å². The van der Waals surface area contributed by atoms with Gasteiger partial charge in [-0.05, 0) is 25.3 Å². The van der Waals surface area contributed by atoms with E-state index in [0.29, 0.717) is 19.7 Å². The second-order valence-corrected chi connectivity index (χ2v) is 5.04. The van der Waals surface area contributed by atoms with Crippen LogP contribution in [0, 0.1) is 5.92 Å². The Bertz CT molecular complexity index is 465. The molecule has 1 saturated heterocycles. The summed E-state index contributed by atoms with van der Waals surface area (Å²) >= 11 is 0. The van der Waals surface area contributed by atoms with Crippen LogP contribution in [-0.4, -0.2) is 35.0 Å². The minimum Gasteiger partial charge on any atom is -0.445 e. The van der Waals surface area contributed by atoms with Gasteiger partial charge in [0, 0.05) is 19.0 Å². The first-order chi connectivity index (χ1) is 9.70. The van der Waals surface area contributed by atoms with Crippen molar-refractivity contribution < 1.29 is 14.7 Å². The van der Waals surface area contributed by atoms with Gasteiger partial charge in [0.15, 0.2) is 0 Å². The van der Waals surface area contributed by atoms with Crippen LogP contribution in [0.4, 0.5) is 4.79 Å². The zero-order chi connectivity index (χ0) is 14.4. The number of oxime groups is 1. The number of piperidine rings is 1. The van der Waals surface area contributed by atoms with Crippen LogP contribution in [0.1, 0.15) is 25.3 Å². The number of amides is 1. The molecule has 0 aromatic heterocycles. The van der Waals surface area contributed by atoms with Gasteiger partial charge in [0.1, 0.15) is 6.61 Å². The molecule has 0 spiro atoms. The van der Waals surface area contributed by atoms with Crippen LogP contribution in [0.3, 0.4) is 0 Å². The molecule has 20 heavy (non-hydrogen) atoms. The Balaban J connectivity index is 1.77. The van der Waals surface area contributed by atoms with Crippen molar-refractivity contribution in [3.63, 3.8) is 0 Å². The maximum atomic E-state index is 11.9. The first-order valence-corrected chi connectivity index (χ1v) is 6.85. The van der Waals surface area contributed by atoms with Crippen molar-refractivity contribution in [1.29, 1.82) is 0 Å². The third-order valence-electron chi connectivity index (χ3n) is 3.71. The topological polar surface area (TPSA) is 62.1 Å². The van der Waals surface area contributed by atoms with Gasteiger partial charge in [-0.15, -0.1) is 0 Å². The molecule has 1 N–H and O–H groups in total. The molecule has 0 atom stereocenters. The second kappa shape index (κ2) is 6.93. The number of ether oxygens (including phenoxy) is 1. The van der Waals surface area contributed by atoms with Gasteiger partial charge in [-0.3, -0.25) is 0 Å². The van der Waals surface area contributed by atoms with E-state index in [1.807, 2.05) is 37.3 Å². The van der Waals surface area contributed by atoms with Crippen LogP contribution in [0.5, 0.6) is 0 Å². The van der Waals surface area contributed by atoms with E-state index in [0.717, 1.165) is 24.1 Å². The van der Waals surface area contributed by atoms with E-state index >= 15 is 0 Å². The molecule has 0 unspecified atom stereocenters. The number of hydrogen-bond donors (Lipinski definition) is 1. The predicted octanol–water partition coefficient (Wildman–Crippen LogP) is 2.89. The number of hydrogen-bond acceptors (Lipinski definition) is 4. The maximum Gasteiger partial charge on any atom is 0.410 e. The van der Waals surface area contributed by atoms with E-state index in [1.54, 1.807) is 4.90 Å². The standard InChI is InChI=1S/C15H20N2O3/c1-12(16-19)14-7-9-17(10-8-14)15(18)20-11-13-5-3-2-4-6-13/h2-6,14,19H,7-11H2,1H3/b16-12+. The molecule has 0 aliphatic carbocycles. The minimum absolute atomic E-state index is 0.262. The first kappa shape index (κ1) is 14.4. The lowest BCUT2D eigenvalue weighted by Crippen LogP contribution is -2.40. The molecule has 1 heterocycles. The largest absolute Gasteiger partial charge is 0.445 e. The van der Waals surface area contributed by atoms with Crippen molar-refractivity contribution in [2.24, 2.45) is 11.1 Å². The fourth-order valence-corrected chi connectivity index (χ4v) is 2.37. The van der Waals surface area contributed by atoms with Gasteiger partial charge in [0.05, 0.1) is 5.71 Å². The second-order valence-electron chi connectivity index (χ2n) is 5.04. The monoisotopic (exact) mass is 276 g/mol. The number of rotatable bonds is 3. The molecule has 5 nitrogen and oxygen atoms in total. The van der Waals surface area contributed by atoms with Gasteiger partial charge < -0.3 is 14.8 Å². The van der Waals surface area contributed by atoms with Crippen LogP contribution in [0.2, 0.25) is 0 Å². The lowest BCUT2D eigenvalue weighted by atomic mass is 9.93. The summed E-state index contributed by atoms with van der Waals surface area (Å²) in [5.74, 6) is 0.262. The number of likely N-dealkylation sites (tertiary alicyclic amines) is 1. The molecule has 2 rings (SSSR count). The molecule has 1 aliphatic heterocycles. The molecular weight excluding hydrogens is 256 g/mol. The molecule has 1 amide bonds. The Labute approximate surface area is 118 Å². The average Bonchev–Trinajstić information content (AvgIpc) is 2.53. The molecule has 108 valence electrons. The molecule has 5 heteroatoms. The Kier molecular flexibility index (Phi) is 4.98. The lowest BCUT2D eigenvalue weighted by molar-refractivity contribution is 0.0862. The molecule has 1 aromatic rings. The van der Waals surface area contributed by atoms with E-state index in [-0.39, 0.29) is 12.0 Å². The molecule has 0 bridgehead atoms. The number of benzene rings is 1. The van der Waals surface area contributed by atoms with Crippen molar-refractivity contribution in [1.82, 2.24) is 4.90 Å².